The summed E-state index contributed by atoms with van der Waals surface area (Å²) in [5.74, 6) is 0.331. The van der Waals surface area contributed by atoms with Crippen molar-refractivity contribution in [3.05, 3.63) is 35.5 Å². The summed E-state index contributed by atoms with van der Waals surface area (Å²) < 4.78 is 7.36. The molecule has 1 aliphatic heterocycles. The van der Waals surface area contributed by atoms with E-state index in [2.05, 4.69) is 47.8 Å². The van der Waals surface area contributed by atoms with E-state index in [0.29, 0.717) is 12.0 Å². The van der Waals surface area contributed by atoms with E-state index in [1.807, 2.05) is 0 Å². The van der Waals surface area contributed by atoms with Crippen LogP contribution >= 0.6 is 0 Å². The summed E-state index contributed by atoms with van der Waals surface area (Å²) in [5, 5.41) is 1.43. The van der Waals surface area contributed by atoms with Gasteiger partial charge < -0.3 is 14.2 Å². The first-order valence-corrected chi connectivity index (χ1v) is 8.52. The van der Waals surface area contributed by atoms with Gasteiger partial charge in [-0.25, -0.2) is 0 Å². The van der Waals surface area contributed by atoms with E-state index in [1.165, 1.54) is 29.1 Å². The number of esters is 1. The summed E-state index contributed by atoms with van der Waals surface area (Å²) in [5.41, 5.74) is 4.21. The molecule has 1 aromatic carbocycles. The lowest BCUT2D eigenvalue weighted by molar-refractivity contribution is -0.148. The van der Waals surface area contributed by atoms with Crippen molar-refractivity contribution in [2.24, 2.45) is 5.92 Å². The zero-order valence-corrected chi connectivity index (χ0v) is 14.1. The van der Waals surface area contributed by atoms with Gasteiger partial charge in [0.15, 0.2) is 0 Å². The molecule has 4 heteroatoms. The SMILES string of the molecule is CCn1cc2c3c(cccc31)C1CC(C(=O)OC)CN(C)C1C2. The topological polar surface area (TPSA) is 34.5 Å². The average Bonchev–Trinajstić information content (AvgIpc) is 2.94. The number of piperidine rings is 1. The van der Waals surface area contributed by atoms with E-state index < -0.39 is 0 Å². The van der Waals surface area contributed by atoms with E-state index in [4.69, 9.17) is 4.74 Å². The number of aryl methyl sites for hydroxylation is 1. The maximum absolute atomic E-state index is 12.1. The number of hydrogen-bond acceptors (Lipinski definition) is 3. The highest BCUT2D eigenvalue weighted by Gasteiger charge is 2.41. The van der Waals surface area contributed by atoms with Crippen LogP contribution in [0.15, 0.2) is 24.4 Å². The molecule has 4 rings (SSSR count). The molecule has 0 N–H and O–H groups in total. The molecule has 2 heterocycles. The van der Waals surface area contributed by atoms with E-state index in [1.54, 1.807) is 0 Å². The summed E-state index contributed by atoms with van der Waals surface area (Å²) >= 11 is 0. The number of nitrogens with zero attached hydrogens (tertiary/aromatic N) is 2. The Morgan fingerprint density at radius 3 is 2.96 bits per heavy atom. The molecule has 0 radical (unpaired) electrons. The number of methoxy groups -OCH3 is 1. The molecule has 4 nitrogen and oxygen atoms in total. The number of likely N-dealkylation sites (tertiary alicyclic amines) is 1. The zero-order valence-electron chi connectivity index (χ0n) is 14.1. The summed E-state index contributed by atoms with van der Waals surface area (Å²) in [6.45, 7) is 3.99. The normalized spacial score (nSPS) is 27.0. The Morgan fingerprint density at radius 2 is 2.22 bits per heavy atom. The molecule has 1 aliphatic carbocycles. The van der Waals surface area contributed by atoms with Gasteiger partial charge in [-0.15, -0.1) is 0 Å². The van der Waals surface area contributed by atoms with Gasteiger partial charge in [-0.1, -0.05) is 12.1 Å². The number of hydrogen-bond donors (Lipinski definition) is 0. The van der Waals surface area contributed by atoms with Crippen molar-refractivity contribution in [2.75, 3.05) is 20.7 Å². The molecule has 1 fully saturated rings. The Morgan fingerprint density at radius 1 is 1.39 bits per heavy atom. The van der Waals surface area contributed by atoms with Crippen molar-refractivity contribution in [1.82, 2.24) is 9.47 Å². The average molecular weight is 312 g/mol. The molecule has 2 aliphatic rings. The Labute approximate surface area is 137 Å². The van der Waals surface area contributed by atoms with Crippen LogP contribution in [0.3, 0.4) is 0 Å². The maximum Gasteiger partial charge on any atom is 0.309 e. The number of benzene rings is 1. The van der Waals surface area contributed by atoms with Crippen molar-refractivity contribution in [1.29, 1.82) is 0 Å². The molecule has 0 amide bonds. The van der Waals surface area contributed by atoms with Gasteiger partial charge >= 0.3 is 5.97 Å². The molecule has 2 aromatic rings. The smallest absolute Gasteiger partial charge is 0.309 e. The predicted octanol–water partition coefficient (Wildman–Crippen LogP) is 2.79. The fourth-order valence-corrected chi connectivity index (χ4v) is 4.72. The largest absolute Gasteiger partial charge is 0.469 e. The van der Waals surface area contributed by atoms with Crippen molar-refractivity contribution in [2.45, 2.75) is 38.3 Å². The molecule has 0 bridgehead atoms. The van der Waals surface area contributed by atoms with E-state index >= 15 is 0 Å². The van der Waals surface area contributed by atoms with Gasteiger partial charge in [-0.3, -0.25) is 4.79 Å². The molecule has 0 spiro atoms. The van der Waals surface area contributed by atoms with Crippen LogP contribution in [-0.2, 0) is 22.5 Å². The Balaban J connectivity index is 1.82. The first-order valence-electron chi connectivity index (χ1n) is 8.52. The Bertz CT molecular complexity index is 764. The van der Waals surface area contributed by atoms with Crippen LogP contribution in [0.1, 0.15) is 30.4 Å². The van der Waals surface area contributed by atoms with Crippen LogP contribution in [0, 0.1) is 5.92 Å². The standard InChI is InChI=1S/C19H24N2O2/c1-4-21-11-12-9-17-15(14-6-5-7-16(21)18(12)14)8-13(10-20(17)2)19(22)23-3/h5-7,11,13,15,17H,4,8-10H2,1-3H3. The maximum atomic E-state index is 12.1. The van der Waals surface area contributed by atoms with Crippen molar-refractivity contribution in [3.8, 4) is 0 Å². The van der Waals surface area contributed by atoms with Gasteiger partial charge in [-0.2, -0.15) is 0 Å². The van der Waals surface area contributed by atoms with E-state index in [9.17, 15) is 4.79 Å². The van der Waals surface area contributed by atoms with Gasteiger partial charge in [0.1, 0.15) is 0 Å². The number of aromatic nitrogens is 1. The second kappa shape index (κ2) is 5.38. The lowest BCUT2D eigenvalue weighted by atomic mass is 9.72. The fraction of sp³-hybridized carbons (Fsp3) is 0.526. The molecular formula is C19H24N2O2. The van der Waals surface area contributed by atoms with Crippen LogP contribution in [-0.4, -0.2) is 42.2 Å². The lowest BCUT2D eigenvalue weighted by Gasteiger charge is -2.44. The molecule has 122 valence electrons. The second-order valence-corrected chi connectivity index (χ2v) is 6.96. The molecule has 23 heavy (non-hydrogen) atoms. The quantitative estimate of drug-likeness (QED) is 0.800. The predicted molar refractivity (Wildman–Crippen MR) is 90.6 cm³/mol. The number of rotatable bonds is 2. The highest BCUT2D eigenvalue weighted by Crippen LogP contribution is 2.45. The van der Waals surface area contributed by atoms with Crippen LogP contribution in [0.25, 0.3) is 10.9 Å². The van der Waals surface area contributed by atoms with Gasteiger partial charge in [0.2, 0.25) is 0 Å². The number of carbonyl (C=O) groups excluding carboxylic acids is 1. The van der Waals surface area contributed by atoms with Gasteiger partial charge in [-0.05, 0) is 44.0 Å². The first kappa shape index (κ1) is 14.8. The summed E-state index contributed by atoms with van der Waals surface area (Å²) in [6, 6.07) is 7.13. The third kappa shape index (κ3) is 2.12. The van der Waals surface area contributed by atoms with E-state index in [0.717, 1.165) is 25.9 Å². The molecule has 1 saturated heterocycles. The van der Waals surface area contributed by atoms with Crippen LogP contribution in [0.4, 0.5) is 0 Å². The highest BCUT2D eigenvalue weighted by molar-refractivity contribution is 5.89. The molecular weight excluding hydrogens is 288 g/mol. The monoisotopic (exact) mass is 312 g/mol. The van der Waals surface area contributed by atoms with Gasteiger partial charge in [0.25, 0.3) is 0 Å². The Kier molecular flexibility index (Phi) is 3.45. The lowest BCUT2D eigenvalue weighted by Crippen LogP contribution is -2.49. The minimum atomic E-state index is -0.0700. The number of fused-ring (bicyclic) bond motifs is 2. The molecule has 1 aromatic heterocycles. The molecule has 3 unspecified atom stereocenters. The van der Waals surface area contributed by atoms with Crippen molar-refractivity contribution in [3.63, 3.8) is 0 Å². The molecule has 3 atom stereocenters. The number of carbonyl (C=O) groups is 1. The fourth-order valence-electron chi connectivity index (χ4n) is 4.72. The van der Waals surface area contributed by atoms with Crippen LogP contribution in [0.2, 0.25) is 0 Å². The summed E-state index contributed by atoms with van der Waals surface area (Å²) in [4.78, 5) is 14.4. The third-order valence-electron chi connectivity index (χ3n) is 5.80. The van der Waals surface area contributed by atoms with E-state index in [-0.39, 0.29) is 11.9 Å². The third-order valence-corrected chi connectivity index (χ3v) is 5.80. The second-order valence-electron chi connectivity index (χ2n) is 6.96. The summed E-state index contributed by atoms with van der Waals surface area (Å²) in [6.07, 6.45) is 4.30. The summed E-state index contributed by atoms with van der Waals surface area (Å²) in [7, 11) is 3.64. The minimum absolute atomic E-state index is 0.0173. The highest BCUT2D eigenvalue weighted by atomic mass is 16.5. The Hall–Kier alpha value is -1.81. The minimum Gasteiger partial charge on any atom is -0.469 e. The number of ether oxygens (including phenoxy) is 1. The van der Waals surface area contributed by atoms with Crippen molar-refractivity contribution < 1.29 is 9.53 Å². The molecule has 0 saturated carbocycles. The van der Waals surface area contributed by atoms with Crippen molar-refractivity contribution >= 4 is 16.9 Å². The van der Waals surface area contributed by atoms with Crippen LogP contribution < -0.4 is 0 Å². The zero-order chi connectivity index (χ0) is 16.1. The van der Waals surface area contributed by atoms with Gasteiger partial charge in [0, 0.05) is 42.1 Å². The number of likely N-dealkylation sites (N-methyl/N-ethyl adjacent to an activating group) is 1. The first-order chi connectivity index (χ1) is 11.1. The van der Waals surface area contributed by atoms with Crippen LogP contribution in [0.5, 0.6) is 0 Å². The van der Waals surface area contributed by atoms with Gasteiger partial charge in [0.05, 0.1) is 13.0 Å².